The molecule has 33 nitrogen and oxygen atoms in total. The minimum atomic E-state index is -3.33. The molecule has 5 fully saturated rings. The lowest BCUT2D eigenvalue weighted by molar-refractivity contribution is -0.0296. The average molecular weight is 2000 g/mol. The number of fused-ring (bicyclic) bond motifs is 3. The van der Waals surface area contributed by atoms with Crippen LogP contribution in [0.25, 0.3) is 0 Å². The largest absolute Gasteiger partial charge is 0.519 e. The number of likely N-dealkylation sites (tertiary alicyclic amines) is 3. The van der Waals surface area contributed by atoms with Crippen molar-refractivity contribution in [3.8, 4) is 17.2 Å². The van der Waals surface area contributed by atoms with Gasteiger partial charge in [0.1, 0.15) is 45.3 Å². The maximum absolute atomic E-state index is 12.2. The van der Waals surface area contributed by atoms with Crippen LogP contribution in [0.2, 0.25) is 0 Å². The summed E-state index contributed by atoms with van der Waals surface area (Å²) in [6, 6.07) is 17.1. The third-order valence-corrected chi connectivity index (χ3v) is 27.5. The number of aliphatic hydroxyl groups excluding tert-OH is 2. The molecule has 0 saturated carbocycles. The van der Waals surface area contributed by atoms with E-state index in [2.05, 4.69) is 21.4 Å². The van der Waals surface area contributed by atoms with Crippen molar-refractivity contribution in [2.75, 3.05) is 143 Å². The number of benzene rings is 3. The Morgan fingerprint density at radius 3 is 0.903 bits per heavy atom. The number of nitrogens with zero attached hydrogens (tertiary/aromatic N) is 6. The number of piperidine rings is 5. The third-order valence-electron chi connectivity index (χ3n) is 23.2. The number of aromatic hydroxyl groups is 1. The van der Waals surface area contributed by atoms with Crippen molar-refractivity contribution in [1.29, 1.82) is 0 Å². The summed E-state index contributed by atoms with van der Waals surface area (Å²) in [6.45, 7) is 41.3. The molecule has 0 unspecified atom stereocenters. The molecule has 3 aromatic carbocycles. The Labute approximate surface area is 808 Å². The van der Waals surface area contributed by atoms with Gasteiger partial charge in [-0.25, -0.2) is 49.2 Å². The fourth-order valence-corrected chi connectivity index (χ4v) is 19.0. The van der Waals surface area contributed by atoms with Gasteiger partial charge in [-0.3, -0.25) is 4.18 Å². The number of rotatable bonds is 24. The van der Waals surface area contributed by atoms with Crippen LogP contribution in [0, 0.1) is 29.6 Å². The maximum atomic E-state index is 12.2. The number of amides is 3. The molecule has 8 aliphatic rings. The Balaban J connectivity index is 0.000000334. The van der Waals surface area contributed by atoms with Gasteiger partial charge >= 0.3 is 30.6 Å². The summed E-state index contributed by atoms with van der Waals surface area (Å²) in [5.74, 6) is 5.52. The quantitative estimate of drug-likeness (QED) is 0.0183. The molecule has 8 heterocycles. The first-order valence-corrected chi connectivity index (χ1v) is 55.0. The molecule has 0 aliphatic carbocycles. The zero-order chi connectivity index (χ0) is 99.2. The van der Waals surface area contributed by atoms with Crippen LogP contribution in [0.3, 0.4) is 0 Å². The number of ether oxygens (including phenoxy) is 8. The number of phenols is 1. The minimum Gasteiger partial charge on any atom is -0.508 e. The molecule has 5 N–H and O–H groups in total. The number of hydrogen-bond acceptors (Lipinski definition) is 27. The minimum absolute atomic E-state index is 0. The van der Waals surface area contributed by atoms with Gasteiger partial charge < -0.3 is 78.5 Å². The molecule has 0 bridgehead atoms. The molecule has 3 amide bonds. The topological polar surface area (TPSA) is 409 Å². The lowest BCUT2D eigenvalue weighted by Gasteiger charge is -2.33. The Hall–Kier alpha value is -6.62. The van der Waals surface area contributed by atoms with Crippen LogP contribution in [0.5, 0.6) is 17.2 Å². The summed E-state index contributed by atoms with van der Waals surface area (Å²) < 4.78 is 142. The van der Waals surface area contributed by atoms with Gasteiger partial charge in [0.25, 0.3) is 10.1 Å². The first-order chi connectivity index (χ1) is 61.9. The van der Waals surface area contributed by atoms with Crippen LogP contribution in [0.1, 0.15) is 266 Å². The predicted octanol–water partition coefficient (Wildman–Crippen LogP) is 15.5. The number of nitrogens with one attached hydrogen (secondary N) is 2. The zero-order valence-corrected chi connectivity index (χ0v) is 87.8. The van der Waals surface area contributed by atoms with E-state index in [1.807, 2.05) is 97.5 Å². The van der Waals surface area contributed by atoms with Crippen molar-refractivity contribution < 1.29 is 115 Å². The fraction of sp³-hybridized carbons (Fsp3) is 0.760. The Morgan fingerprint density at radius 1 is 0.358 bits per heavy atom. The van der Waals surface area contributed by atoms with Crippen LogP contribution in [0.4, 0.5) is 24.0 Å². The van der Waals surface area contributed by atoms with Crippen LogP contribution in [-0.2, 0) is 112 Å². The van der Waals surface area contributed by atoms with Gasteiger partial charge in [0.05, 0.1) is 44.8 Å². The maximum Gasteiger partial charge on any atom is 0.519 e. The van der Waals surface area contributed by atoms with Crippen LogP contribution in [0.15, 0.2) is 54.6 Å². The van der Waals surface area contributed by atoms with E-state index in [1.165, 1.54) is 94.4 Å². The molecule has 11 rings (SSSR count). The van der Waals surface area contributed by atoms with E-state index in [-0.39, 0.29) is 49.7 Å². The van der Waals surface area contributed by atoms with Crippen LogP contribution in [-0.4, -0.2) is 278 Å². The van der Waals surface area contributed by atoms with Crippen molar-refractivity contribution in [2.45, 2.75) is 299 Å². The third kappa shape index (κ3) is 51.3. The molecular weight excluding hydrogens is 1830 g/mol. The van der Waals surface area contributed by atoms with Gasteiger partial charge in [0, 0.05) is 91.8 Å². The van der Waals surface area contributed by atoms with Crippen molar-refractivity contribution in [1.82, 2.24) is 38.2 Å². The van der Waals surface area contributed by atoms with Gasteiger partial charge in [-0.2, -0.15) is 21.3 Å². The molecule has 0 atom stereocenters. The molecule has 770 valence electrons. The fourth-order valence-electron chi connectivity index (χ4n) is 16.2. The average Bonchev–Trinajstić information content (AvgIpc) is 0.812. The van der Waals surface area contributed by atoms with E-state index in [0.717, 1.165) is 200 Å². The predicted molar refractivity (Wildman–Crippen MR) is 524 cm³/mol. The highest BCUT2D eigenvalue weighted by molar-refractivity contribution is 7.88. The van der Waals surface area contributed by atoms with Crippen LogP contribution < -0.4 is 20.1 Å². The van der Waals surface area contributed by atoms with Gasteiger partial charge in [-0.1, -0.05) is 18.2 Å². The molecular formula is C96H165ClN8O25S4. The lowest BCUT2D eigenvalue weighted by Crippen LogP contribution is -2.41. The van der Waals surface area contributed by atoms with E-state index in [0.29, 0.717) is 89.7 Å². The van der Waals surface area contributed by atoms with Gasteiger partial charge in [-0.05, 0) is 377 Å². The summed E-state index contributed by atoms with van der Waals surface area (Å²) in [7, 11) is -12.7. The van der Waals surface area contributed by atoms with E-state index >= 15 is 0 Å². The highest BCUT2D eigenvalue weighted by Crippen LogP contribution is 2.32. The summed E-state index contributed by atoms with van der Waals surface area (Å²) in [5.41, 5.74) is 3.83. The highest BCUT2D eigenvalue weighted by atomic mass is 35.5. The zero-order valence-electron chi connectivity index (χ0n) is 83.7. The van der Waals surface area contributed by atoms with Crippen molar-refractivity contribution in [3.63, 3.8) is 0 Å². The molecule has 134 heavy (non-hydrogen) atoms. The lowest BCUT2D eigenvalue weighted by atomic mass is 9.92. The first kappa shape index (κ1) is 120. The smallest absolute Gasteiger partial charge is 0.508 e. The van der Waals surface area contributed by atoms with Crippen molar-refractivity contribution in [3.05, 3.63) is 88.0 Å². The molecule has 8 aliphatic heterocycles. The normalized spacial score (nSPS) is 17.8. The van der Waals surface area contributed by atoms with E-state index in [1.54, 1.807) is 69.5 Å². The van der Waals surface area contributed by atoms with Gasteiger partial charge in [0.2, 0.25) is 30.1 Å². The van der Waals surface area contributed by atoms with E-state index in [4.69, 9.17) is 47.6 Å². The van der Waals surface area contributed by atoms with Crippen molar-refractivity contribution >= 4 is 83.2 Å². The number of halogens is 1. The summed E-state index contributed by atoms with van der Waals surface area (Å²) >= 11 is 0. The number of hydrogen-bond donors (Lipinski definition) is 5. The highest BCUT2D eigenvalue weighted by Gasteiger charge is 2.33. The van der Waals surface area contributed by atoms with E-state index in [9.17, 15) is 62.8 Å². The number of carbonyl (C=O) groups excluding carboxylic acids is 5. The van der Waals surface area contributed by atoms with Gasteiger partial charge in [0.15, 0.2) is 0 Å². The molecule has 0 radical (unpaired) electrons. The number of carbonyl (C=O) groups is 5. The molecule has 0 spiro atoms. The van der Waals surface area contributed by atoms with E-state index < -0.39 is 80.5 Å². The first-order valence-electron chi connectivity index (χ1n) is 47.6. The number of sulfonamides is 3. The van der Waals surface area contributed by atoms with Gasteiger partial charge in [-0.15, -0.1) is 12.4 Å². The second-order valence-corrected chi connectivity index (χ2v) is 48.5. The number of phenolic OH excluding ortho intramolecular Hbond substituents is 1. The molecule has 0 aromatic heterocycles. The second-order valence-electron chi connectivity index (χ2n) is 40.9. The van der Waals surface area contributed by atoms with Crippen molar-refractivity contribution in [2.24, 2.45) is 29.6 Å². The standard InChI is InChI=1S/C23H36N2O5S.C18H28N2O3S.C14H27NO5S.C13H25NO3.C10H13NO3S.C10H18O5.C8H17NO.ClH/c1-23(2,3)30-22(26)24-12-9-18(10-13-24)6-5-15-29-21-8-7-20-17-25(31(4,27)28)14-11-19(20)16-21;1-24(21,22)20-11-8-16-13-18(5-4-17(16)14-20)23-12-2-3-15-6-9-19-10-7-15;1-14(2,3)20-13(16)15-9-7-12(8-10-15)6-5-11-19-21(4,17)18;1-13(2,3)17-12(16)14-8-6-11(7-9-14)5-4-10-15;1-15(13,14)11-5-4-8-6-10(12)3-2-9(8)7-11;1-9(2,3)14-7(11)13-8(12)15-10(4,5)6;10-7-1-2-8-3-5-9-6-4-8;/h7-8,16,18H,5-6,9-15,17H2,1-4H3;4-5,13,15,19H,2-3,6-12,14H2,1H3;12H,5-11H2,1-4H3;11,15H,4-10H2,1-3H3;2-3,6,12H,4-5,7H2,1H3;1-6H3;8-10H,1-7H2;1H. The Morgan fingerprint density at radius 2 is 0.627 bits per heavy atom. The summed E-state index contributed by atoms with van der Waals surface area (Å²) in [5, 5.41) is 33.4. The summed E-state index contributed by atoms with van der Waals surface area (Å²) in [6.07, 6.45) is 25.5. The van der Waals surface area contributed by atoms with Crippen LogP contribution >= 0.6 is 12.4 Å². The molecule has 5 saturated heterocycles. The SMILES string of the molecule is CC(C)(C)OC(=O)N1CCC(CCCO)CC1.CC(C)(C)OC(=O)N1CCC(CCCOS(C)(=O)=O)CC1.CC(C)(C)OC(=O)N1CCC(CCCOc2ccc3c(c2)CCN(S(C)(=O)=O)C3)CC1.CC(C)(C)OC(=O)OC(=O)OC(C)(C)C.CS(=O)(=O)N1CCc2cc(O)ccc2C1.CS(=O)(=O)N1CCc2cc(OCCCC3CCNCC3)ccc2C1.Cl.OCCCC1CCNCC1. The second kappa shape index (κ2) is 57.2. The Bertz CT molecular complexity index is 4470. The number of aliphatic hydroxyl groups is 2. The monoisotopic (exact) mass is 1990 g/mol. The Kier molecular flexibility index (Phi) is 51.1. The summed E-state index contributed by atoms with van der Waals surface area (Å²) in [4.78, 5) is 63.2. The molecule has 38 heteroatoms. The molecule has 3 aromatic rings.